The van der Waals surface area contributed by atoms with E-state index in [1.165, 1.54) is 12.1 Å². The summed E-state index contributed by atoms with van der Waals surface area (Å²) < 4.78 is 34.1. The normalized spacial score (nSPS) is 13.2. The molecule has 10 heteroatoms. The van der Waals surface area contributed by atoms with E-state index in [0.29, 0.717) is 35.4 Å². The van der Waals surface area contributed by atoms with Gasteiger partial charge in [0.25, 0.3) is 0 Å². The molecule has 0 unspecified atom stereocenters. The quantitative estimate of drug-likeness (QED) is 0.586. The lowest BCUT2D eigenvalue weighted by Crippen LogP contribution is -2.27. The molecule has 1 amide bonds. The molecule has 0 saturated carbocycles. The third-order valence-electron chi connectivity index (χ3n) is 4.55. The topological polar surface area (TPSA) is 128 Å². The number of carbonyl (C=O) groups excluding carboxylic acids is 1. The number of aromatic nitrogens is 3. The van der Waals surface area contributed by atoms with Gasteiger partial charge >= 0.3 is 0 Å². The molecule has 0 aliphatic carbocycles. The van der Waals surface area contributed by atoms with Crippen LogP contribution in [0.1, 0.15) is 57.8 Å². The van der Waals surface area contributed by atoms with Crippen molar-refractivity contribution in [3.63, 3.8) is 0 Å². The molecule has 0 radical (unpaired) electrons. The molecule has 0 spiro atoms. The fourth-order valence-corrected chi connectivity index (χ4v) is 3.37. The summed E-state index contributed by atoms with van der Waals surface area (Å²) in [5, 5.41) is 6.79. The van der Waals surface area contributed by atoms with E-state index in [-0.39, 0.29) is 22.6 Å². The Morgan fingerprint density at radius 1 is 1.19 bits per heavy atom. The highest BCUT2D eigenvalue weighted by Gasteiger charge is 2.24. The predicted molar refractivity (Wildman–Crippen MR) is 113 cm³/mol. The second-order valence-electron chi connectivity index (χ2n) is 8.41. The molecule has 3 aromatic rings. The number of nitrogens with one attached hydrogen (secondary N) is 1. The average molecular weight is 447 g/mol. The maximum Gasteiger partial charge on any atom is 0.248 e. The highest BCUT2D eigenvalue weighted by Crippen LogP contribution is 2.23. The van der Waals surface area contributed by atoms with E-state index in [1.54, 1.807) is 25.3 Å². The fraction of sp³-hybridized carbons (Fsp3) is 0.429. The van der Waals surface area contributed by atoms with E-state index in [4.69, 9.17) is 8.94 Å². The number of carbonyl (C=O) groups is 1. The number of sulfone groups is 1. The second kappa shape index (κ2) is 8.62. The van der Waals surface area contributed by atoms with Gasteiger partial charge in [-0.25, -0.2) is 13.4 Å². The lowest BCUT2D eigenvalue weighted by molar-refractivity contribution is -0.121. The van der Waals surface area contributed by atoms with Gasteiger partial charge in [-0.2, -0.15) is 4.98 Å². The van der Waals surface area contributed by atoms with Gasteiger partial charge in [-0.15, -0.1) is 0 Å². The van der Waals surface area contributed by atoms with Crippen molar-refractivity contribution in [1.29, 1.82) is 0 Å². The van der Waals surface area contributed by atoms with Crippen molar-refractivity contribution in [2.24, 2.45) is 0 Å². The Kier molecular flexibility index (Phi) is 6.30. The van der Waals surface area contributed by atoms with Gasteiger partial charge in [-0.1, -0.05) is 25.9 Å². The lowest BCUT2D eigenvalue weighted by Gasteiger charge is -2.11. The Balaban J connectivity index is 1.55. The molecule has 0 aliphatic heterocycles. The van der Waals surface area contributed by atoms with E-state index >= 15 is 0 Å². The van der Waals surface area contributed by atoms with Crippen molar-refractivity contribution in [1.82, 2.24) is 20.4 Å². The highest BCUT2D eigenvalue weighted by molar-refractivity contribution is 7.90. The first-order chi connectivity index (χ1) is 14.4. The van der Waals surface area contributed by atoms with Gasteiger partial charge in [-0.3, -0.25) is 4.79 Å². The Hall–Kier alpha value is -3.01. The maximum absolute atomic E-state index is 12.3. The Labute approximate surface area is 181 Å². The molecular weight excluding hydrogens is 420 g/mol. The zero-order chi connectivity index (χ0) is 22.8. The number of oxazole rings is 1. The number of aryl methyl sites for hydroxylation is 1. The van der Waals surface area contributed by atoms with Crippen LogP contribution in [0.3, 0.4) is 0 Å². The molecule has 2 heterocycles. The molecule has 0 saturated heterocycles. The Morgan fingerprint density at radius 3 is 2.45 bits per heavy atom. The van der Waals surface area contributed by atoms with Gasteiger partial charge in [0.15, 0.2) is 27.3 Å². The molecule has 0 aliphatic rings. The molecule has 166 valence electrons. The number of amides is 1. The van der Waals surface area contributed by atoms with E-state index in [1.807, 2.05) is 20.8 Å². The van der Waals surface area contributed by atoms with E-state index in [9.17, 15) is 13.2 Å². The largest absolute Gasteiger partial charge is 0.441 e. The maximum atomic E-state index is 12.3. The average Bonchev–Trinajstić information content (AvgIpc) is 3.35. The lowest BCUT2D eigenvalue weighted by atomic mass is 9.96. The van der Waals surface area contributed by atoms with E-state index in [2.05, 4.69) is 20.4 Å². The first-order valence-electron chi connectivity index (χ1n) is 9.82. The monoisotopic (exact) mass is 446 g/mol. The van der Waals surface area contributed by atoms with Crippen molar-refractivity contribution in [3.05, 3.63) is 48.1 Å². The molecular formula is C21H26N4O5S. The summed E-state index contributed by atoms with van der Waals surface area (Å²) in [6, 6.07) is 5.94. The van der Waals surface area contributed by atoms with Crippen LogP contribution in [0, 0.1) is 0 Å². The first-order valence-corrected chi connectivity index (χ1v) is 11.7. The van der Waals surface area contributed by atoms with E-state index < -0.39 is 15.9 Å². The first kappa shape index (κ1) is 22.7. The smallest absolute Gasteiger partial charge is 0.248 e. The number of nitrogens with zero attached hydrogens (tertiary/aromatic N) is 3. The minimum atomic E-state index is -3.26. The molecule has 31 heavy (non-hydrogen) atoms. The van der Waals surface area contributed by atoms with Crippen LogP contribution in [0.4, 0.5) is 0 Å². The molecule has 1 N–H and O–H groups in total. The SMILES string of the molecule is C[C@H](NC(=O)CCc1ncc(-c2ccc(S(C)(=O)=O)cc2)o1)c1nc(C(C)(C)C)no1. The van der Waals surface area contributed by atoms with Gasteiger partial charge in [0.05, 0.1) is 11.1 Å². The van der Waals surface area contributed by atoms with Crippen LogP contribution in [0.2, 0.25) is 0 Å². The summed E-state index contributed by atoms with van der Waals surface area (Å²) in [7, 11) is -3.26. The van der Waals surface area contributed by atoms with Crippen molar-refractivity contribution in [2.45, 2.75) is 56.9 Å². The fourth-order valence-electron chi connectivity index (χ4n) is 2.74. The summed E-state index contributed by atoms with van der Waals surface area (Å²) in [5.41, 5.74) is 0.467. The molecule has 0 bridgehead atoms. The van der Waals surface area contributed by atoms with Crippen molar-refractivity contribution in [2.75, 3.05) is 6.26 Å². The van der Waals surface area contributed by atoms with Crippen LogP contribution >= 0.6 is 0 Å². The number of benzene rings is 1. The number of hydrogen-bond donors (Lipinski definition) is 1. The van der Waals surface area contributed by atoms with Gasteiger partial charge in [0.2, 0.25) is 11.8 Å². The van der Waals surface area contributed by atoms with Crippen LogP contribution in [0.15, 0.2) is 44.3 Å². The third kappa shape index (κ3) is 5.78. The molecule has 2 aromatic heterocycles. The second-order valence-corrected chi connectivity index (χ2v) is 10.4. The van der Waals surface area contributed by atoms with E-state index in [0.717, 1.165) is 6.26 Å². The van der Waals surface area contributed by atoms with Crippen LogP contribution in [-0.4, -0.2) is 35.7 Å². The molecule has 1 aromatic carbocycles. The summed E-state index contributed by atoms with van der Waals surface area (Å²) in [6.45, 7) is 7.72. The number of hydrogen-bond acceptors (Lipinski definition) is 8. The third-order valence-corrected chi connectivity index (χ3v) is 5.68. The molecule has 3 rings (SSSR count). The highest BCUT2D eigenvalue weighted by atomic mass is 32.2. The molecule has 0 fully saturated rings. The number of rotatable bonds is 7. The van der Waals surface area contributed by atoms with Crippen LogP contribution in [0.5, 0.6) is 0 Å². The standard InChI is InChI=1S/C21H26N4O5S/c1-13(19-24-20(25-30-19)21(2,3)4)23-17(26)10-11-18-22-12-16(29-18)14-6-8-15(9-7-14)31(5,27)28/h6-9,12-13H,10-11H2,1-5H3,(H,23,26)/t13-/m0/s1. The van der Waals surface area contributed by atoms with Gasteiger partial charge in [-0.05, 0) is 31.2 Å². The minimum absolute atomic E-state index is 0.178. The minimum Gasteiger partial charge on any atom is -0.441 e. The molecule has 9 nitrogen and oxygen atoms in total. The van der Waals surface area contributed by atoms with Crippen LogP contribution < -0.4 is 5.32 Å². The van der Waals surface area contributed by atoms with Crippen molar-refractivity contribution >= 4 is 15.7 Å². The van der Waals surface area contributed by atoms with Crippen LogP contribution in [-0.2, 0) is 26.5 Å². The van der Waals surface area contributed by atoms with Gasteiger partial charge < -0.3 is 14.3 Å². The van der Waals surface area contributed by atoms with Gasteiger partial charge in [0, 0.05) is 30.1 Å². The molecule has 1 atom stereocenters. The zero-order valence-electron chi connectivity index (χ0n) is 18.2. The summed E-state index contributed by atoms with van der Waals surface area (Å²) in [5.74, 6) is 1.66. The van der Waals surface area contributed by atoms with Crippen molar-refractivity contribution < 1.29 is 22.2 Å². The Bertz CT molecular complexity index is 1160. The summed E-state index contributed by atoms with van der Waals surface area (Å²) >= 11 is 0. The summed E-state index contributed by atoms with van der Waals surface area (Å²) in [6.07, 6.45) is 3.20. The Morgan fingerprint density at radius 2 is 1.87 bits per heavy atom. The predicted octanol–water partition coefficient (Wildman–Crippen LogP) is 3.24. The van der Waals surface area contributed by atoms with Crippen LogP contribution in [0.25, 0.3) is 11.3 Å². The zero-order valence-corrected chi connectivity index (χ0v) is 19.0. The van der Waals surface area contributed by atoms with Gasteiger partial charge in [0.1, 0.15) is 6.04 Å². The van der Waals surface area contributed by atoms with Crippen molar-refractivity contribution in [3.8, 4) is 11.3 Å². The summed E-state index contributed by atoms with van der Waals surface area (Å²) in [4.78, 5) is 21.1.